The summed E-state index contributed by atoms with van der Waals surface area (Å²) in [4.78, 5) is 16.8. The smallest absolute Gasteiger partial charge is 0.251 e. The van der Waals surface area contributed by atoms with Gasteiger partial charge in [0.05, 0.1) is 34.0 Å². The van der Waals surface area contributed by atoms with E-state index in [1.165, 1.54) is 0 Å². The molecule has 2 aromatic heterocycles. The van der Waals surface area contributed by atoms with E-state index in [1.54, 1.807) is 11.3 Å². The van der Waals surface area contributed by atoms with Gasteiger partial charge in [-0.1, -0.05) is 5.21 Å². The lowest BCUT2D eigenvalue weighted by Crippen LogP contribution is -2.29. The van der Waals surface area contributed by atoms with Crippen LogP contribution in [0, 0.1) is 6.92 Å². The number of aryl methyl sites for hydroxylation is 1. The Kier molecular flexibility index (Phi) is 4.46. The third-order valence-electron chi connectivity index (χ3n) is 4.43. The molecule has 1 aliphatic heterocycles. The average molecular weight is 356 g/mol. The molecule has 0 spiro atoms. The number of hydrogen-bond acceptors (Lipinski definition) is 6. The van der Waals surface area contributed by atoms with Crippen LogP contribution in [0.2, 0.25) is 0 Å². The minimum Gasteiger partial charge on any atom is -0.346 e. The monoisotopic (exact) mass is 356 g/mol. The summed E-state index contributed by atoms with van der Waals surface area (Å²) in [5.74, 6) is -0.107. The topological polar surface area (TPSA) is 84.7 Å². The highest BCUT2D eigenvalue weighted by atomic mass is 32.1. The zero-order chi connectivity index (χ0) is 17.2. The van der Waals surface area contributed by atoms with Gasteiger partial charge in [-0.2, -0.15) is 0 Å². The van der Waals surface area contributed by atoms with Crippen LogP contribution in [0.1, 0.15) is 39.9 Å². The molecule has 0 bridgehead atoms. The summed E-state index contributed by atoms with van der Waals surface area (Å²) in [6, 6.07) is 5.99. The molecular formula is C17H20N6OS. The normalized spacial score (nSPS) is 15.6. The Bertz CT molecular complexity index is 896. The van der Waals surface area contributed by atoms with Crippen LogP contribution in [0.5, 0.6) is 0 Å². The first-order valence-electron chi connectivity index (χ1n) is 8.46. The molecule has 0 atom stereocenters. The van der Waals surface area contributed by atoms with E-state index in [1.807, 2.05) is 36.0 Å². The fraction of sp³-hybridized carbons (Fsp3) is 0.412. The SMILES string of the molecule is Cc1nc2ccc(C(=O)NCc3cn(C4CCNCC4)nn3)cc2s1. The van der Waals surface area contributed by atoms with Crippen molar-refractivity contribution in [3.8, 4) is 0 Å². The van der Waals surface area contributed by atoms with Crippen molar-refractivity contribution in [1.29, 1.82) is 0 Å². The second kappa shape index (κ2) is 6.89. The first-order valence-corrected chi connectivity index (χ1v) is 9.27. The number of nitrogens with zero attached hydrogens (tertiary/aromatic N) is 4. The van der Waals surface area contributed by atoms with E-state index in [-0.39, 0.29) is 5.91 Å². The predicted octanol–water partition coefficient (Wildman–Crippen LogP) is 2.05. The summed E-state index contributed by atoms with van der Waals surface area (Å²) >= 11 is 1.60. The molecule has 130 valence electrons. The van der Waals surface area contributed by atoms with Crippen molar-refractivity contribution in [2.24, 2.45) is 0 Å². The van der Waals surface area contributed by atoms with Crippen LogP contribution in [0.3, 0.4) is 0 Å². The molecular weight excluding hydrogens is 336 g/mol. The fourth-order valence-corrected chi connectivity index (χ4v) is 3.96. The number of benzene rings is 1. The molecule has 0 aliphatic carbocycles. The minimum atomic E-state index is -0.107. The van der Waals surface area contributed by atoms with Crippen molar-refractivity contribution >= 4 is 27.5 Å². The highest BCUT2D eigenvalue weighted by molar-refractivity contribution is 7.18. The van der Waals surface area contributed by atoms with Crippen LogP contribution in [-0.4, -0.2) is 39.0 Å². The van der Waals surface area contributed by atoms with Gasteiger partial charge in [-0.25, -0.2) is 9.67 Å². The summed E-state index contributed by atoms with van der Waals surface area (Å²) in [5.41, 5.74) is 2.35. The van der Waals surface area contributed by atoms with Crippen LogP contribution < -0.4 is 10.6 Å². The number of thiazole rings is 1. The van der Waals surface area contributed by atoms with Gasteiger partial charge in [0.25, 0.3) is 5.91 Å². The maximum atomic E-state index is 12.4. The average Bonchev–Trinajstić information content (AvgIpc) is 3.25. The summed E-state index contributed by atoms with van der Waals surface area (Å²) < 4.78 is 2.95. The molecule has 3 aromatic rings. The first-order chi connectivity index (χ1) is 12.2. The molecule has 1 aliphatic rings. The van der Waals surface area contributed by atoms with Gasteiger partial charge in [0.1, 0.15) is 5.69 Å². The number of carbonyl (C=O) groups is 1. The van der Waals surface area contributed by atoms with Gasteiger partial charge in [0, 0.05) is 5.56 Å². The Labute approximate surface area is 149 Å². The lowest BCUT2D eigenvalue weighted by atomic mass is 10.1. The number of rotatable bonds is 4. The molecule has 25 heavy (non-hydrogen) atoms. The van der Waals surface area contributed by atoms with Gasteiger partial charge in [-0.15, -0.1) is 16.4 Å². The van der Waals surface area contributed by atoms with E-state index in [0.717, 1.165) is 46.8 Å². The Morgan fingerprint density at radius 1 is 1.40 bits per heavy atom. The number of carbonyl (C=O) groups excluding carboxylic acids is 1. The zero-order valence-electron chi connectivity index (χ0n) is 14.0. The van der Waals surface area contributed by atoms with Crippen molar-refractivity contribution in [3.05, 3.63) is 40.7 Å². The Hall–Kier alpha value is -2.32. The number of aromatic nitrogens is 4. The Morgan fingerprint density at radius 3 is 3.08 bits per heavy atom. The van der Waals surface area contributed by atoms with Gasteiger partial charge in [-0.05, 0) is 51.1 Å². The molecule has 3 heterocycles. The van der Waals surface area contributed by atoms with Crippen molar-refractivity contribution in [2.45, 2.75) is 32.4 Å². The highest BCUT2D eigenvalue weighted by Crippen LogP contribution is 2.22. The summed E-state index contributed by atoms with van der Waals surface area (Å²) in [7, 11) is 0. The van der Waals surface area contributed by atoms with Crippen molar-refractivity contribution < 1.29 is 4.79 Å². The summed E-state index contributed by atoms with van der Waals surface area (Å²) in [6.45, 7) is 4.37. The largest absolute Gasteiger partial charge is 0.346 e. The first kappa shape index (κ1) is 16.2. The number of amides is 1. The van der Waals surface area contributed by atoms with E-state index < -0.39 is 0 Å². The second-order valence-corrected chi connectivity index (χ2v) is 7.50. The Morgan fingerprint density at radius 2 is 2.24 bits per heavy atom. The summed E-state index contributed by atoms with van der Waals surface area (Å²) in [5, 5.41) is 15.7. The number of fused-ring (bicyclic) bond motifs is 1. The van der Waals surface area contributed by atoms with Crippen molar-refractivity contribution in [2.75, 3.05) is 13.1 Å². The minimum absolute atomic E-state index is 0.107. The molecule has 7 nitrogen and oxygen atoms in total. The molecule has 0 unspecified atom stereocenters. The fourth-order valence-electron chi connectivity index (χ4n) is 3.10. The summed E-state index contributed by atoms with van der Waals surface area (Å²) in [6.07, 6.45) is 4.05. The lowest BCUT2D eigenvalue weighted by molar-refractivity contribution is 0.0950. The van der Waals surface area contributed by atoms with Gasteiger partial charge < -0.3 is 10.6 Å². The molecule has 0 radical (unpaired) electrons. The molecule has 1 aromatic carbocycles. The molecule has 4 rings (SSSR count). The van der Waals surface area contributed by atoms with Gasteiger partial charge in [0.15, 0.2) is 0 Å². The molecule has 1 saturated heterocycles. The van der Waals surface area contributed by atoms with E-state index >= 15 is 0 Å². The maximum absolute atomic E-state index is 12.4. The molecule has 1 amide bonds. The van der Waals surface area contributed by atoms with Crippen LogP contribution in [0.4, 0.5) is 0 Å². The Balaban J connectivity index is 1.40. The van der Waals surface area contributed by atoms with E-state index in [9.17, 15) is 4.79 Å². The standard InChI is InChI=1S/C17H20N6OS/c1-11-20-15-3-2-12(8-16(15)25-11)17(24)19-9-13-10-23(22-21-13)14-4-6-18-7-5-14/h2-3,8,10,14,18H,4-7,9H2,1H3,(H,19,24). The number of hydrogen-bond donors (Lipinski definition) is 2. The maximum Gasteiger partial charge on any atom is 0.251 e. The predicted molar refractivity (Wildman–Crippen MR) is 96.7 cm³/mol. The van der Waals surface area contributed by atoms with Crippen LogP contribution >= 0.6 is 11.3 Å². The van der Waals surface area contributed by atoms with Gasteiger partial charge in [0.2, 0.25) is 0 Å². The van der Waals surface area contributed by atoms with E-state index in [2.05, 4.69) is 25.9 Å². The number of piperidine rings is 1. The molecule has 0 saturated carbocycles. The van der Waals surface area contributed by atoms with E-state index in [4.69, 9.17) is 0 Å². The zero-order valence-corrected chi connectivity index (χ0v) is 14.8. The van der Waals surface area contributed by atoms with Crippen molar-refractivity contribution in [3.63, 3.8) is 0 Å². The third kappa shape index (κ3) is 3.54. The van der Waals surface area contributed by atoms with Gasteiger partial charge in [-0.3, -0.25) is 4.79 Å². The van der Waals surface area contributed by atoms with Crippen molar-refractivity contribution in [1.82, 2.24) is 30.6 Å². The third-order valence-corrected chi connectivity index (χ3v) is 5.36. The second-order valence-electron chi connectivity index (χ2n) is 6.27. The van der Waals surface area contributed by atoms with E-state index in [0.29, 0.717) is 18.2 Å². The van der Waals surface area contributed by atoms with Crippen LogP contribution in [0.15, 0.2) is 24.4 Å². The molecule has 1 fully saturated rings. The van der Waals surface area contributed by atoms with Gasteiger partial charge >= 0.3 is 0 Å². The molecule has 2 N–H and O–H groups in total. The number of nitrogens with one attached hydrogen (secondary N) is 2. The van der Waals surface area contributed by atoms with Crippen LogP contribution in [0.25, 0.3) is 10.2 Å². The highest BCUT2D eigenvalue weighted by Gasteiger charge is 2.16. The molecule has 8 heteroatoms. The lowest BCUT2D eigenvalue weighted by Gasteiger charge is -2.22. The quantitative estimate of drug-likeness (QED) is 0.747. The van der Waals surface area contributed by atoms with Crippen LogP contribution in [-0.2, 0) is 6.54 Å².